The van der Waals surface area contributed by atoms with Gasteiger partial charge in [-0.1, -0.05) is 0 Å². The topological polar surface area (TPSA) is 49.4 Å². The molecular formula is C18H16F2N2O2S. The fourth-order valence-corrected chi connectivity index (χ4v) is 3.44. The molecule has 0 aliphatic carbocycles. The summed E-state index contributed by atoms with van der Waals surface area (Å²) in [7, 11) is 0. The van der Waals surface area contributed by atoms with Crippen molar-refractivity contribution in [3.05, 3.63) is 53.6 Å². The number of hydrogen-bond donors (Lipinski definition) is 1. The Balaban J connectivity index is 1.60. The molecule has 0 aromatic heterocycles. The van der Waals surface area contributed by atoms with Gasteiger partial charge in [0, 0.05) is 29.7 Å². The molecule has 0 bridgehead atoms. The van der Waals surface area contributed by atoms with Gasteiger partial charge in [-0.05, 0) is 48.4 Å². The highest BCUT2D eigenvalue weighted by Gasteiger charge is 2.22. The lowest BCUT2D eigenvalue weighted by atomic mass is 10.1. The summed E-state index contributed by atoms with van der Waals surface area (Å²) in [5, 5.41) is 2.78. The Morgan fingerprint density at radius 3 is 2.68 bits per heavy atom. The SMILES string of the molecule is CC(=O)N1CCc2cc(NC(=O)CSc3ccc(F)c(F)c3)ccc21. The summed E-state index contributed by atoms with van der Waals surface area (Å²) in [6.07, 6.45) is 0.752. The molecule has 0 unspecified atom stereocenters. The first-order valence-electron chi connectivity index (χ1n) is 7.73. The summed E-state index contributed by atoms with van der Waals surface area (Å²) >= 11 is 1.13. The number of anilines is 2. The molecular weight excluding hydrogens is 346 g/mol. The van der Waals surface area contributed by atoms with Gasteiger partial charge in [0.05, 0.1) is 5.75 Å². The van der Waals surface area contributed by atoms with E-state index in [1.807, 2.05) is 12.1 Å². The molecule has 0 atom stereocenters. The molecule has 2 amide bonds. The van der Waals surface area contributed by atoms with Crippen molar-refractivity contribution in [3.63, 3.8) is 0 Å². The van der Waals surface area contributed by atoms with Gasteiger partial charge < -0.3 is 10.2 Å². The monoisotopic (exact) mass is 362 g/mol. The summed E-state index contributed by atoms with van der Waals surface area (Å²) < 4.78 is 26.0. The van der Waals surface area contributed by atoms with Crippen LogP contribution in [0.3, 0.4) is 0 Å². The molecule has 25 heavy (non-hydrogen) atoms. The van der Waals surface area contributed by atoms with E-state index >= 15 is 0 Å². The van der Waals surface area contributed by atoms with Crippen molar-refractivity contribution in [2.75, 3.05) is 22.5 Å². The third-order valence-electron chi connectivity index (χ3n) is 3.90. The summed E-state index contributed by atoms with van der Waals surface area (Å²) in [5.41, 5.74) is 2.54. The Labute approximate surface area is 148 Å². The number of amides is 2. The van der Waals surface area contributed by atoms with E-state index in [0.29, 0.717) is 17.1 Å². The van der Waals surface area contributed by atoms with Gasteiger partial charge in [0.1, 0.15) is 0 Å². The van der Waals surface area contributed by atoms with Crippen molar-refractivity contribution in [1.82, 2.24) is 0 Å². The smallest absolute Gasteiger partial charge is 0.234 e. The Hall–Kier alpha value is -2.41. The number of thioether (sulfide) groups is 1. The third kappa shape index (κ3) is 3.99. The number of hydrogen-bond acceptors (Lipinski definition) is 3. The van der Waals surface area contributed by atoms with Crippen LogP contribution in [0.5, 0.6) is 0 Å². The largest absolute Gasteiger partial charge is 0.325 e. The summed E-state index contributed by atoms with van der Waals surface area (Å²) in [4.78, 5) is 25.8. The van der Waals surface area contributed by atoms with E-state index in [1.165, 1.54) is 13.0 Å². The zero-order chi connectivity index (χ0) is 18.0. The van der Waals surface area contributed by atoms with Gasteiger partial charge in [0.25, 0.3) is 0 Å². The predicted molar refractivity (Wildman–Crippen MR) is 93.9 cm³/mol. The van der Waals surface area contributed by atoms with Crippen LogP contribution in [0.1, 0.15) is 12.5 Å². The van der Waals surface area contributed by atoms with Crippen LogP contribution in [0, 0.1) is 11.6 Å². The molecule has 0 fully saturated rings. The van der Waals surface area contributed by atoms with Crippen molar-refractivity contribution in [2.45, 2.75) is 18.2 Å². The number of carbonyl (C=O) groups is 2. The fraction of sp³-hybridized carbons (Fsp3) is 0.222. The molecule has 1 aliphatic heterocycles. The maximum absolute atomic E-state index is 13.1. The number of nitrogens with one attached hydrogen (secondary N) is 1. The molecule has 2 aromatic carbocycles. The van der Waals surface area contributed by atoms with Gasteiger partial charge >= 0.3 is 0 Å². The van der Waals surface area contributed by atoms with Crippen molar-refractivity contribution >= 4 is 35.0 Å². The van der Waals surface area contributed by atoms with Crippen molar-refractivity contribution in [1.29, 1.82) is 0 Å². The van der Waals surface area contributed by atoms with E-state index in [9.17, 15) is 18.4 Å². The van der Waals surface area contributed by atoms with E-state index in [-0.39, 0.29) is 17.6 Å². The van der Waals surface area contributed by atoms with Crippen LogP contribution >= 0.6 is 11.8 Å². The average Bonchev–Trinajstić information content (AvgIpc) is 2.99. The van der Waals surface area contributed by atoms with Gasteiger partial charge in [-0.15, -0.1) is 11.8 Å². The number of fused-ring (bicyclic) bond motifs is 1. The highest BCUT2D eigenvalue weighted by molar-refractivity contribution is 8.00. The zero-order valence-corrected chi connectivity index (χ0v) is 14.3. The van der Waals surface area contributed by atoms with E-state index in [0.717, 1.165) is 41.6 Å². The van der Waals surface area contributed by atoms with Gasteiger partial charge in [0.2, 0.25) is 11.8 Å². The number of benzene rings is 2. The maximum Gasteiger partial charge on any atom is 0.234 e. The highest BCUT2D eigenvalue weighted by atomic mass is 32.2. The van der Waals surface area contributed by atoms with Crippen molar-refractivity contribution < 1.29 is 18.4 Å². The Morgan fingerprint density at radius 1 is 1.16 bits per heavy atom. The van der Waals surface area contributed by atoms with Gasteiger partial charge in [-0.2, -0.15) is 0 Å². The highest BCUT2D eigenvalue weighted by Crippen LogP contribution is 2.30. The molecule has 1 heterocycles. The molecule has 1 N–H and O–H groups in total. The molecule has 130 valence electrons. The van der Waals surface area contributed by atoms with Gasteiger partial charge in [-0.25, -0.2) is 8.78 Å². The lowest BCUT2D eigenvalue weighted by molar-refractivity contribution is -0.116. The molecule has 0 saturated carbocycles. The van der Waals surface area contributed by atoms with Crippen LogP contribution in [-0.4, -0.2) is 24.1 Å². The standard InChI is InChI=1S/C18H16F2N2O2S/c1-11(23)22-7-6-12-8-13(2-5-17(12)22)21-18(24)10-25-14-3-4-15(19)16(20)9-14/h2-5,8-9H,6-7,10H2,1H3,(H,21,24). The second-order valence-electron chi connectivity index (χ2n) is 5.68. The summed E-state index contributed by atoms with van der Waals surface area (Å²) in [6.45, 7) is 2.17. The van der Waals surface area contributed by atoms with Crippen LogP contribution in [0.2, 0.25) is 0 Å². The molecule has 1 aliphatic rings. The fourth-order valence-electron chi connectivity index (χ4n) is 2.72. The minimum Gasteiger partial charge on any atom is -0.325 e. The summed E-state index contributed by atoms with van der Waals surface area (Å²) in [5.74, 6) is -2.00. The minimum atomic E-state index is -0.931. The molecule has 7 heteroatoms. The van der Waals surface area contributed by atoms with E-state index in [4.69, 9.17) is 0 Å². The Bertz CT molecular complexity index is 842. The lowest BCUT2D eigenvalue weighted by Gasteiger charge is -2.15. The van der Waals surface area contributed by atoms with E-state index in [2.05, 4.69) is 5.32 Å². The van der Waals surface area contributed by atoms with E-state index in [1.54, 1.807) is 11.0 Å². The van der Waals surface area contributed by atoms with Crippen molar-refractivity contribution in [2.24, 2.45) is 0 Å². The number of halogens is 2. The lowest BCUT2D eigenvalue weighted by Crippen LogP contribution is -2.25. The molecule has 2 aromatic rings. The molecule has 0 radical (unpaired) electrons. The quantitative estimate of drug-likeness (QED) is 0.846. The first-order chi connectivity index (χ1) is 11.9. The molecule has 0 saturated heterocycles. The average molecular weight is 362 g/mol. The van der Waals surface area contributed by atoms with Gasteiger partial charge in [-0.3, -0.25) is 9.59 Å². The first kappa shape index (κ1) is 17.4. The van der Waals surface area contributed by atoms with E-state index < -0.39 is 11.6 Å². The minimum absolute atomic E-state index is 0.00142. The Morgan fingerprint density at radius 2 is 1.96 bits per heavy atom. The van der Waals surface area contributed by atoms with Crippen LogP contribution in [-0.2, 0) is 16.0 Å². The van der Waals surface area contributed by atoms with Crippen LogP contribution < -0.4 is 10.2 Å². The molecule has 3 rings (SSSR count). The predicted octanol–water partition coefficient (Wildman–Crippen LogP) is 3.60. The van der Waals surface area contributed by atoms with Crippen LogP contribution in [0.4, 0.5) is 20.2 Å². The summed E-state index contributed by atoms with van der Waals surface area (Å²) in [6, 6.07) is 8.97. The number of rotatable bonds is 4. The van der Waals surface area contributed by atoms with Crippen molar-refractivity contribution in [3.8, 4) is 0 Å². The maximum atomic E-state index is 13.1. The second-order valence-corrected chi connectivity index (χ2v) is 6.73. The molecule has 0 spiro atoms. The number of nitrogens with zero attached hydrogens (tertiary/aromatic N) is 1. The zero-order valence-electron chi connectivity index (χ0n) is 13.5. The van der Waals surface area contributed by atoms with Crippen LogP contribution in [0.15, 0.2) is 41.3 Å². The normalized spacial score (nSPS) is 12.8. The second kappa shape index (κ2) is 7.23. The number of carbonyl (C=O) groups excluding carboxylic acids is 2. The van der Waals surface area contributed by atoms with Gasteiger partial charge in [0.15, 0.2) is 11.6 Å². The molecule has 4 nitrogen and oxygen atoms in total. The third-order valence-corrected chi connectivity index (χ3v) is 4.89. The Kier molecular flexibility index (Phi) is 5.03. The first-order valence-corrected chi connectivity index (χ1v) is 8.71. The van der Waals surface area contributed by atoms with Crippen LogP contribution in [0.25, 0.3) is 0 Å².